The Balaban J connectivity index is 2.02. The van der Waals surface area contributed by atoms with Crippen molar-refractivity contribution in [1.82, 2.24) is 9.55 Å². The average Bonchev–Trinajstić information content (AvgIpc) is 2.99. The number of nitrogens with zero attached hydrogens (tertiary/aromatic N) is 2. The Morgan fingerprint density at radius 2 is 2.21 bits per heavy atom. The molecule has 1 N–H and O–H groups in total. The van der Waals surface area contributed by atoms with E-state index in [-0.39, 0.29) is 12.0 Å². The third kappa shape index (κ3) is 3.67. The largest absolute Gasteiger partial charge is 0.388 e. The van der Waals surface area contributed by atoms with Crippen molar-refractivity contribution in [3.05, 3.63) is 40.1 Å². The van der Waals surface area contributed by atoms with Gasteiger partial charge >= 0.3 is 0 Å². The standard InChI is InChI=1S/C15H22N2OS/c1-4-5-14-16-13(10-19-14)9-17-7-6-12(8-17)15(18)11(2)3/h6-8,10-11,15,18H,4-5,9H2,1-3H3. The molecule has 0 aliphatic heterocycles. The van der Waals surface area contributed by atoms with E-state index in [1.807, 2.05) is 32.3 Å². The van der Waals surface area contributed by atoms with Crippen molar-refractivity contribution in [2.75, 3.05) is 0 Å². The van der Waals surface area contributed by atoms with Gasteiger partial charge in [-0.15, -0.1) is 11.3 Å². The van der Waals surface area contributed by atoms with Gasteiger partial charge in [-0.25, -0.2) is 4.98 Å². The van der Waals surface area contributed by atoms with Gasteiger partial charge in [-0.2, -0.15) is 0 Å². The van der Waals surface area contributed by atoms with Crippen molar-refractivity contribution < 1.29 is 5.11 Å². The fourth-order valence-electron chi connectivity index (χ4n) is 2.05. The normalized spacial score (nSPS) is 13.1. The van der Waals surface area contributed by atoms with Gasteiger partial charge in [0.25, 0.3) is 0 Å². The van der Waals surface area contributed by atoms with Gasteiger partial charge in [0.05, 0.1) is 23.4 Å². The van der Waals surface area contributed by atoms with Gasteiger partial charge in [-0.05, 0) is 30.4 Å². The minimum atomic E-state index is -0.382. The summed E-state index contributed by atoms with van der Waals surface area (Å²) in [7, 11) is 0. The monoisotopic (exact) mass is 278 g/mol. The van der Waals surface area contributed by atoms with E-state index in [2.05, 4.69) is 21.9 Å². The lowest BCUT2D eigenvalue weighted by Crippen LogP contribution is -2.04. The molecule has 104 valence electrons. The van der Waals surface area contributed by atoms with Gasteiger partial charge in [0.2, 0.25) is 0 Å². The van der Waals surface area contributed by atoms with Crippen LogP contribution in [-0.4, -0.2) is 14.7 Å². The van der Waals surface area contributed by atoms with E-state index >= 15 is 0 Å². The van der Waals surface area contributed by atoms with Gasteiger partial charge in [0.15, 0.2) is 0 Å². The number of thiazole rings is 1. The zero-order chi connectivity index (χ0) is 13.8. The van der Waals surface area contributed by atoms with Crippen molar-refractivity contribution >= 4 is 11.3 Å². The smallest absolute Gasteiger partial charge is 0.0928 e. The number of hydrogen-bond donors (Lipinski definition) is 1. The lowest BCUT2D eigenvalue weighted by Gasteiger charge is -2.12. The van der Waals surface area contributed by atoms with Crippen LogP contribution in [0, 0.1) is 5.92 Å². The molecule has 0 saturated carbocycles. The highest BCUT2D eigenvalue weighted by molar-refractivity contribution is 7.09. The molecule has 0 bridgehead atoms. The summed E-state index contributed by atoms with van der Waals surface area (Å²) in [6.45, 7) is 7.01. The van der Waals surface area contributed by atoms with Crippen LogP contribution in [0.5, 0.6) is 0 Å². The maximum absolute atomic E-state index is 10.0. The zero-order valence-corrected chi connectivity index (χ0v) is 12.7. The summed E-state index contributed by atoms with van der Waals surface area (Å²) >= 11 is 1.74. The molecule has 0 aromatic carbocycles. The second kappa shape index (κ2) is 6.35. The van der Waals surface area contributed by atoms with Crippen LogP contribution in [0.15, 0.2) is 23.8 Å². The molecule has 0 fully saturated rings. The third-order valence-corrected chi connectivity index (χ3v) is 4.11. The maximum Gasteiger partial charge on any atom is 0.0928 e. The molecular formula is C15H22N2OS. The van der Waals surface area contributed by atoms with Crippen LogP contribution in [-0.2, 0) is 13.0 Å². The van der Waals surface area contributed by atoms with E-state index in [1.54, 1.807) is 11.3 Å². The molecule has 2 aromatic rings. The molecule has 0 spiro atoms. The Hall–Kier alpha value is -1.13. The first-order valence-electron chi connectivity index (χ1n) is 6.87. The van der Waals surface area contributed by atoms with Crippen molar-refractivity contribution in [3.8, 4) is 0 Å². The van der Waals surface area contributed by atoms with Gasteiger partial charge in [-0.1, -0.05) is 20.8 Å². The van der Waals surface area contributed by atoms with Crippen LogP contribution in [0.1, 0.15) is 49.6 Å². The van der Waals surface area contributed by atoms with Crippen molar-refractivity contribution in [2.45, 2.75) is 46.3 Å². The van der Waals surface area contributed by atoms with E-state index in [0.29, 0.717) is 0 Å². The molecule has 19 heavy (non-hydrogen) atoms. The Morgan fingerprint density at radius 1 is 1.42 bits per heavy atom. The maximum atomic E-state index is 10.0. The minimum Gasteiger partial charge on any atom is -0.388 e. The molecule has 0 aliphatic rings. The molecule has 2 rings (SSSR count). The Labute approximate surface area is 118 Å². The molecule has 1 atom stereocenters. The van der Waals surface area contributed by atoms with Crippen LogP contribution < -0.4 is 0 Å². The van der Waals surface area contributed by atoms with Crippen molar-refractivity contribution in [2.24, 2.45) is 5.92 Å². The first-order chi connectivity index (χ1) is 9.10. The number of rotatable bonds is 6. The Morgan fingerprint density at radius 3 is 2.89 bits per heavy atom. The summed E-state index contributed by atoms with van der Waals surface area (Å²) in [6.07, 6.45) is 5.85. The number of hydrogen-bond acceptors (Lipinski definition) is 3. The SMILES string of the molecule is CCCc1nc(Cn2ccc(C(O)C(C)C)c2)cs1. The molecule has 1 unspecified atom stereocenters. The molecule has 0 saturated heterocycles. The third-order valence-electron chi connectivity index (χ3n) is 3.15. The van der Waals surface area contributed by atoms with Gasteiger partial charge < -0.3 is 9.67 Å². The van der Waals surface area contributed by atoms with E-state index in [0.717, 1.165) is 30.6 Å². The Bertz CT molecular complexity index is 516. The number of aryl methyl sites for hydroxylation is 1. The molecule has 0 radical (unpaired) electrons. The molecule has 2 aromatic heterocycles. The summed E-state index contributed by atoms with van der Waals surface area (Å²) in [5.41, 5.74) is 2.09. The van der Waals surface area contributed by atoms with Crippen LogP contribution in [0.4, 0.5) is 0 Å². The summed E-state index contributed by atoms with van der Waals surface area (Å²) in [5, 5.41) is 13.4. The quantitative estimate of drug-likeness (QED) is 0.876. The van der Waals surface area contributed by atoms with Crippen LogP contribution >= 0.6 is 11.3 Å². The highest BCUT2D eigenvalue weighted by Gasteiger charge is 2.13. The van der Waals surface area contributed by atoms with Crippen molar-refractivity contribution in [1.29, 1.82) is 0 Å². The second-order valence-corrected chi connectivity index (χ2v) is 6.23. The highest BCUT2D eigenvalue weighted by Crippen LogP contribution is 2.22. The number of aromatic nitrogens is 2. The van der Waals surface area contributed by atoms with Crippen LogP contribution in [0.2, 0.25) is 0 Å². The molecule has 2 heterocycles. The van der Waals surface area contributed by atoms with E-state index in [4.69, 9.17) is 0 Å². The fraction of sp³-hybridized carbons (Fsp3) is 0.533. The summed E-state index contributed by atoms with van der Waals surface area (Å²) in [5.74, 6) is 0.242. The van der Waals surface area contributed by atoms with Gasteiger partial charge in [-0.3, -0.25) is 0 Å². The Kier molecular flexibility index (Phi) is 4.77. The fourth-order valence-corrected chi connectivity index (χ4v) is 2.95. The van der Waals surface area contributed by atoms with Gasteiger partial charge in [0.1, 0.15) is 0 Å². The average molecular weight is 278 g/mol. The van der Waals surface area contributed by atoms with E-state index in [9.17, 15) is 5.11 Å². The zero-order valence-electron chi connectivity index (χ0n) is 11.8. The van der Waals surface area contributed by atoms with E-state index in [1.165, 1.54) is 5.01 Å². The number of aliphatic hydroxyl groups excluding tert-OH is 1. The van der Waals surface area contributed by atoms with E-state index < -0.39 is 0 Å². The summed E-state index contributed by atoms with van der Waals surface area (Å²) in [6, 6.07) is 1.99. The number of aliphatic hydroxyl groups is 1. The van der Waals surface area contributed by atoms with Crippen LogP contribution in [0.3, 0.4) is 0 Å². The molecule has 0 amide bonds. The first kappa shape index (κ1) is 14.3. The lowest BCUT2D eigenvalue weighted by atomic mass is 10.0. The highest BCUT2D eigenvalue weighted by atomic mass is 32.1. The minimum absolute atomic E-state index is 0.242. The van der Waals surface area contributed by atoms with Gasteiger partial charge in [0, 0.05) is 17.8 Å². The second-order valence-electron chi connectivity index (χ2n) is 5.29. The first-order valence-corrected chi connectivity index (χ1v) is 7.75. The van der Waals surface area contributed by atoms with Crippen LogP contribution in [0.25, 0.3) is 0 Å². The molecular weight excluding hydrogens is 256 g/mol. The molecule has 0 aliphatic carbocycles. The summed E-state index contributed by atoms with van der Waals surface area (Å²) in [4.78, 5) is 4.62. The molecule has 4 heteroatoms. The van der Waals surface area contributed by atoms with Crippen molar-refractivity contribution in [3.63, 3.8) is 0 Å². The predicted octanol–water partition coefficient (Wildman–Crippen LogP) is 3.63. The lowest BCUT2D eigenvalue weighted by molar-refractivity contribution is 0.127. The topological polar surface area (TPSA) is 38.0 Å². The summed E-state index contributed by atoms with van der Waals surface area (Å²) < 4.78 is 2.09. The predicted molar refractivity (Wildman–Crippen MR) is 79.4 cm³/mol. The molecule has 3 nitrogen and oxygen atoms in total.